The maximum atomic E-state index is 2.85. The Kier molecular flexibility index (Phi) is 3.89. The Morgan fingerprint density at radius 1 is 1.08 bits per heavy atom. The van der Waals surface area contributed by atoms with Gasteiger partial charge in [-0.1, -0.05) is 19.9 Å². The Morgan fingerprint density at radius 2 is 1.88 bits per heavy atom. The van der Waals surface area contributed by atoms with E-state index in [2.05, 4.69) is 41.8 Å². The number of fused-ring (bicyclic) bond motifs is 4. The van der Waals surface area contributed by atoms with E-state index in [0.29, 0.717) is 5.41 Å². The molecule has 2 aliphatic carbocycles. The fourth-order valence-electron chi connectivity index (χ4n) is 5.90. The van der Waals surface area contributed by atoms with Crippen LogP contribution < -0.4 is 4.90 Å². The van der Waals surface area contributed by atoms with Crippen LogP contribution in [-0.4, -0.2) is 37.1 Å². The summed E-state index contributed by atoms with van der Waals surface area (Å²) < 4.78 is 0. The molecular weight excluding hydrogens is 304 g/mol. The molecule has 3 fully saturated rings. The number of benzene rings is 1. The molecule has 0 radical (unpaired) electrons. The molecule has 4 aliphatic rings. The second kappa shape index (κ2) is 6.01. The fourth-order valence-corrected chi connectivity index (χ4v) is 5.90. The van der Waals surface area contributed by atoms with Gasteiger partial charge in [-0.3, -0.25) is 4.90 Å². The van der Waals surface area contributed by atoms with Gasteiger partial charge in [0.2, 0.25) is 0 Å². The monoisotopic (exact) mass is 338 g/mol. The van der Waals surface area contributed by atoms with Gasteiger partial charge in [0.1, 0.15) is 0 Å². The van der Waals surface area contributed by atoms with Crippen molar-refractivity contribution in [1.82, 2.24) is 4.90 Å². The summed E-state index contributed by atoms with van der Waals surface area (Å²) in [7, 11) is 0. The van der Waals surface area contributed by atoms with Crippen LogP contribution >= 0.6 is 0 Å². The molecule has 1 aromatic rings. The SMILES string of the molecule is C[C@@H]1[C@@H]2Cc3ccc(N4CCCCC4)cc3[C@@]1(C)CCN2CC1CC1. The van der Waals surface area contributed by atoms with E-state index in [0.717, 1.165) is 17.9 Å². The number of anilines is 1. The van der Waals surface area contributed by atoms with Crippen molar-refractivity contribution in [1.29, 1.82) is 0 Å². The van der Waals surface area contributed by atoms with Gasteiger partial charge in [-0.2, -0.15) is 0 Å². The van der Waals surface area contributed by atoms with Crippen molar-refractivity contribution in [3.63, 3.8) is 0 Å². The van der Waals surface area contributed by atoms with Gasteiger partial charge in [-0.15, -0.1) is 0 Å². The van der Waals surface area contributed by atoms with E-state index in [1.807, 2.05) is 0 Å². The molecule has 2 heteroatoms. The van der Waals surface area contributed by atoms with E-state index >= 15 is 0 Å². The lowest BCUT2D eigenvalue weighted by molar-refractivity contribution is 0.0284. The summed E-state index contributed by atoms with van der Waals surface area (Å²) in [5.74, 6) is 1.79. The molecule has 0 aromatic heterocycles. The van der Waals surface area contributed by atoms with E-state index in [9.17, 15) is 0 Å². The number of piperidine rings is 2. The first-order valence-electron chi connectivity index (χ1n) is 10.8. The van der Waals surface area contributed by atoms with Crippen molar-refractivity contribution in [3.8, 4) is 0 Å². The van der Waals surface area contributed by atoms with Crippen molar-refractivity contribution in [2.45, 2.75) is 70.3 Å². The number of hydrogen-bond acceptors (Lipinski definition) is 2. The lowest BCUT2D eigenvalue weighted by atomic mass is 9.59. The van der Waals surface area contributed by atoms with Crippen LogP contribution in [0.1, 0.15) is 63.5 Å². The fraction of sp³-hybridized carbons (Fsp3) is 0.739. The summed E-state index contributed by atoms with van der Waals surface area (Å²) in [4.78, 5) is 5.48. The Morgan fingerprint density at radius 3 is 2.64 bits per heavy atom. The van der Waals surface area contributed by atoms with Crippen molar-refractivity contribution in [2.75, 3.05) is 31.1 Å². The maximum Gasteiger partial charge on any atom is 0.0369 e. The highest BCUT2D eigenvalue weighted by Crippen LogP contribution is 2.50. The Bertz CT molecular complexity index is 643. The van der Waals surface area contributed by atoms with Gasteiger partial charge in [-0.25, -0.2) is 0 Å². The average molecular weight is 339 g/mol. The molecule has 0 N–H and O–H groups in total. The van der Waals surface area contributed by atoms with Crippen molar-refractivity contribution in [3.05, 3.63) is 29.3 Å². The number of likely N-dealkylation sites (tertiary alicyclic amines) is 1. The molecule has 1 saturated carbocycles. The molecule has 0 spiro atoms. The van der Waals surface area contributed by atoms with Gasteiger partial charge in [-0.05, 0) is 92.0 Å². The third-order valence-electron chi connectivity index (χ3n) is 8.02. The van der Waals surface area contributed by atoms with E-state index in [4.69, 9.17) is 0 Å². The summed E-state index contributed by atoms with van der Waals surface area (Å²) in [6, 6.07) is 8.26. The molecule has 3 atom stereocenters. The second-order valence-electron chi connectivity index (χ2n) is 9.56. The zero-order chi connectivity index (χ0) is 17.0. The van der Waals surface area contributed by atoms with Crippen LogP contribution in [0.4, 0.5) is 5.69 Å². The molecule has 2 bridgehead atoms. The molecule has 2 saturated heterocycles. The first-order chi connectivity index (χ1) is 12.1. The van der Waals surface area contributed by atoms with Crippen LogP contribution in [0, 0.1) is 11.8 Å². The third kappa shape index (κ3) is 2.72. The molecule has 1 aromatic carbocycles. The van der Waals surface area contributed by atoms with Gasteiger partial charge >= 0.3 is 0 Å². The van der Waals surface area contributed by atoms with Gasteiger partial charge in [0.15, 0.2) is 0 Å². The predicted octanol–water partition coefficient (Wildman–Crippen LogP) is 4.61. The number of nitrogens with zero attached hydrogens (tertiary/aromatic N) is 2. The van der Waals surface area contributed by atoms with Crippen LogP contribution in [0.15, 0.2) is 18.2 Å². The smallest absolute Gasteiger partial charge is 0.0369 e. The summed E-state index contributed by atoms with van der Waals surface area (Å²) in [6.45, 7) is 10.3. The topological polar surface area (TPSA) is 6.48 Å². The highest BCUT2D eigenvalue weighted by atomic mass is 15.2. The summed E-state index contributed by atoms with van der Waals surface area (Å²) in [5.41, 5.74) is 5.20. The highest BCUT2D eigenvalue weighted by Gasteiger charge is 2.49. The largest absolute Gasteiger partial charge is 0.372 e. The molecule has 2 heterocycles. The van der Waals surface area contributed by atoms with Gasteiger partial charge in [0, 0.05) is 31.4 Å². The van der Waals surface area contributed by atoms with Crippen molar-refractivity contribution >= 4 is 5.69 Å². The quantitative estimate of drug-likeness (QED) is 0.794. The molecule has 136 valence electrons. The van der Waals surface area contributed by atoms with Crippen molar-refractivity contribution in [2.24, 2.45) is 11.8 Å². The predicted molar refractivity (Wildman–Crippen MR) is 105 cm³/mol. The minimum Gasteiger partial charge on any atom is -0.372 e. The molecule has 2 nitrogen and oxygen atoms in total. The van der Waals surface area contributed by atoms with Crippen LogP contribution in [0.2, 0.25) is 0 Å². The van der Waals surface area contributed by atoms with Gasteiger partial charge in [0.05, 0.1) is 0 Å². The molecule has 5 rings (SSSR count). The molecule has 25 heavy (non-hydrogen) atoms. The third-order valence-corrected chi connectivity index (χ3v) is 8.02. The molecular formula is C23H34N2. The average Bonchev–Trinajstić information content (AvgIpc) is 3.45. The first-order valence-corrected chi connectivity index (χ1v) is 10.8. The molecule has 2 aliphatic heterocycles. The highest BCUT2D eigenvalue weighted by molar-refractivity contribution is 5.55. The summed E-state index contributed by atoms with van der Waals surface area (Å²) >= 11 is 0. The van der Waals surface area contributed by atoms with Gasteiger partial charge < -0.3 is 4.90 Å². The van der Waals surface area contributed by atoms with E-state index < -0.39 is 0 Å². The Labute approximate surface area is 153 Å². The zero-order valence-electron chi connectivity index (χ0n) is 16.1. The Hall–Kier alpha value is -1.02. The van der Waals surface area contributed by atoms with Crippen molar-refractivity contribution < 1.29 is 0 Å². The lowest BCUT2D eigenvalue weighted by Gasteiger charge is -2.55. The first kappa shape index (κ1) is 16.2. The minimum atomic E-state index is 0.379. The maximum absolute atomic E-state index is 2.85. The zero-order valence-corrected chi connectivity index (χ0v) is 16.1. The van der Waals surface area contributed by atoms with E-state index in [-0.39, 0.29) is 0 Å². The number of hydrogen-bond donors (Lipinski definition) is 0. The number of rotatable bonds is 3. The molecule has 0 amide bonds. The van der Waals surface area contributed by atoms with Crippen LogP contribution in [-0.2, 0) is 11.8 Å². The van der Waals surface area contributed by atoms with E-state index in [1.165, 1.54) is 76.8 Å². The minimum absolute atomic E-state index is 0.379. The van der Waals surface area contributed by atoms with Crippen LogP contribution in [0.3, 0.4) is 0 Å². The summed E-state index contributed by atoms with van der Waals surface area (Å²) in [5, 5.41) is 0. The second-order valence-corrected chi connectivity index (χ2v) is 9.56. The van der Waals surface area contributed by atoms with Crippen LogP contribution in [0.5, 0.6) is 0 Å². The lowest BCUT2D eigenvalue weighted by Crippen LogP contribution is -2.58. The molecule has 0 unspecified atom stereocenters. The Balaban J connectivity index is 1.46. The van der Waals surface area contributed by atoms with Crippen LogP contribution in [0.25, 0.3) is 0 Å². The van der Waals surface area contributed by atoms with Gasteiger partial charge in [0.25, 0.3) is 0 Å². The standard InChI is InChI=1S/C23H34N2/c1-17-22-14-19-8-9-20(24-11-4-3-5-12-24)15-21(19)23(17,2)10-13-25(22)16-18-6-7-18/h8-9,15,17-18,22H,3-7,10-14,16H2,1-2H3/t17-,22+,23+/m1/s1. The summed E-state index contributed by atoms with van der Waals surface area (Å²) in [6.07, 6.45) is 9.71. The normalized spacial score (nSPS) is 35.5. The van der Waals surface area contributed by atoms with E-state index in [1.54, 1.807) is 11.1 Å².